The molecule has 0 spiro atoms. The Labute approximate surface area is 167 Å². The Morgan fingerprint density at radius 2 is 1.61 bits per heavy atom. The minimum atomic E-state index is -0.220. The van der Waals surface area contributed by atoms with E-state index in [9.17, 15) is 9.59 Å². The first-order valence-corrected chi connectivity index (χ1v) is 9.24. The molecule has 0 atom stereocenters. The Hall–Kier alpha value is -3.37. The summed E-state index contributed by atoms with van der Waals surface area (Å²) in [6.45, 7) is 0.137. The summed E-state index contributed by atoms with van der Waals surface area (Å²) in [5, 5.41) is 3.94. The van der Waals surface area contributed by atoms with E-state index in [0.29, 0.717) is 21.5 Å². The Morgan fingerprint density at radius 1 is 0.929 bits per heavy atom. The fourth-order valence-electron chi connectivity index (χ4n) is 3.15. The third kappa shape index (κ3) is 3.55. The zero-order chi connectivity index (χ0) is 19.5. The molecule has 0 aliphatic heterocycles. The number of carbonyl (C=O) groups excluding carboxylic acids is 1. The molecule has 0 aliphatic rings. The highest BCUT2D eigenvalue weighted by Crippen LogP contribution is 2.21. The molecule has 0 saturated carbocycles. The maximum Gasteiger partial charge on any atom is 0.251 e. The first-order chi connectivity index (χ1) is 13.6. The summed E-state index contributed by atoms with van der Waals surface area (Å²) in [6.07, 6.45) is 1.77. The van der Waals surface area contributed by atoms with Gasteiger partial charge < -0.3 is 9.88 Å². The van der Waals surface area contributed by atoms with Crippen LogP contribution in [0.5, 0.6) is 0 Å². The largest absolute Gasteiger partial charge is 0.348 e. The van der Waals surface area contributed by atoms with Crippen LogP contribution in [-0.4, -0.2) is 10.5 Å². The van der Waals surface area contributed by atoms with Crippen LogP contribution in [0, 0.1) is 0 Å². The lowest BCUT2D eigenvalue weighted by atomic mass is 10.1. The molecule has 0 bridgehead atoms. The molecule has 3 aromatic carbocycles. The first kappa shape index (κ1) is 18.0. The standard InChI is InChI=1S/C23H17ClN2O2/c24-18-11-12-20-21(13-18)26(19-9-5-2-6-10-19)15-17(22(20)27)14-25-23(28)16-7-3-1-4-8-16/h1-13,15H,14H2,(H,25,28). The van der Waals surface area contributed by atoms with Crippen LogP contribution in [0.1, 0.15) is 15.9 Å². The van der Waals surface area contributed by atoms with E-state index in [2.05, 4.69) is 5.32 Å². The number of carbonyl (C=O) groups is 1. The summed E-state index contributed by atoms with van der Waals surface area (Å²) in [5.41, 5.74) is 2.57. The van der Waals surface area contributed by atoms with Crippen molar-refractivity contribution in [1.82, 2.24) is 9.88 Å². The van der Waals surface area contributed by atoms with Crippen LogP contribution in [0.3, 0.4) is 0 Å². The fourth-order valence-corrected chi connectivity index (χ4v) is 3.31. The highest BCUT2D eigenvalue weighted by molar-refractivity contribution is 6.31. The lowest BCUT2D eigenvalue weighted by Crippen LogP contribution is -2.26. The number of nitrogens with zero attached hydrogens (tertiary/aromatic N) is 1. The van der Waals surface area contributed by atoms with Crippen molar-refractivity contribution in [1.29, 1.82) is 0 Å². The van der Waals surface area contributed by atoms with Gasteiger partial charge in [0.1, 0.15) is 0 Å². The third-order valence-electron chi connectivity index (χ3n) is 4.55. The molecule has 138 valence electrons. The molecule has 4 nitrogen and oxygen atoms in total. The molecule has 0 unspecified atom stereocenters. The second-order valence-electron chi connectivity index (χ2n) is 6.40. The fraction of sp³-hybridized carbons (Fsp3) is 0.0435. The number of aromatic nitrogens is 1. The van der Waals surface area contributed by atoms with Gasteiger partial charge in [-0.25, -0.2) is 0 Å². The van der Waals surface area contributed by atoms with Gasteiger partial charge in [-0.05, 0) is 42.5 Å². The number of fused-ring (bicyclic) bond motifs is 1. The lowest BCUT2D eigenvalue weighted by molar-refractivity contribution is 0.0951. The van der Waals surface area contributed by atoms with Gasteiger partial charge in [0, 0.05) is 40.0 Å². The van der Waals surface area contributed by atoms with E-state index in [-0.39, 0.29) is 17.9 Å². The van der Waals surface area contributed by atoms with Crippen LogP contribution < -0.4 is 10.7 Å². The Bertz CT molecular complexity index is 1200. The summed E-state index contributed by atoms with van der Waals surface area (Å²) in [5.74, 6) is -0.220. The van der Waals surface area contributed by atoms with Crippen LogP contribution in [0.15, 0.2) is 89.9 Å². The SMILES string of the molecule is O=C(NCc1cn(-c2ccccc2)c2cc(Cl)ccc2c1=O)c1ccccc1. The summed E-state index contributed by atoms with van der Waals surface area (Å²) in [6, 6.07) is 23.8. The van der Waals surface area contributed by atoms with Crippen molar-refractivity contribution in [3.63, 3.8) is 0 Å². The van der Waals surface area contributed by atoms with Crippen LogP contribution in [0.25, 0.3) is 16.6 Å². The second kappa shape index (κ2) is 7.71. The number of amides is 1. The van der Waals surface area contributed by atoms with Crippen molar-refractivity contribution in [2.24, 2.45) is 0 Å². The number of halogens is 1. The molecular formula is C23H17ClN2O2. The number of hydrogen-bond donors (Lipinski definition) is 1. The van der Waals surface area contributed by atoms with Gasteiger partial charge in [0.15, 0.2) is 5.43 Å². The average molecular weight is 389 g/mol. The van der Waals surface area contributed by atoms with Gasteiger partial charge in [-0.2, -0.15) is 0 Å². The summed E-state index contributed by atoms with van der Waals surface area (Å²) in [4.78, 5) is 25.3. The molecule has 4 aromatic rings. The molecule has 0 aliphatic carbocycles. The van der Waals surface area contributed by atoms with Gasteiger partial charge in [0.2, 0.25) is 0 Å². The minimum Gasteiger partial charge on any atom is -0.348 e. The molecule has 1 aromatic heterocycles. The maximum atomic E-state index is 13.0. The van der Waals surface area contributed by atoms with E-state index in [4.69, 9.17) is 11.6 Å². The molecule has 5 heteroatoms. The van der Waals surface area contributed by atoms with E-state index >= 15 is 0 Å². The summed E-state index contributed by atoms with van der Waals surface area (Å²) < 4.78 is 1.92. The quantitative estimate of drug-likeness (QED) is 0.556. The molecule has 4 rings (SSSR count). The van der Waals surface area contributed by atoms with Crippen molar-refractivity contribution in [3.8, 4) is 5.69 Å². The van der Waals surface area contributed by atoms with Crippen LogP contribution in [0.2, 0.25) is 5.02 Å². The normalized spacial score (nSPS) is 10.8. The monoisotopic (exact) mass is 388 g/mol. The molecule has 28 heavy (non-hydrogen) atoms. The summed E-state index contributed by atoms with van der Waals surface area (Å²) >= 11 is 6.17. The van der Waals surface area contributed by atoms with E-state index in [1.54, 1.807) is 48.7 Å². The Balaban J connectivity index is 1.77. The zero-order valence-electron chi connectivity index (χ0n) is 14.9. The predicted octanol–water partition coefficient (Wildman–Crippen LogP) is 4.57. The van der Waals surface area contributed by atoms with Gasteiger partial charge in [-0.15, -0.1) is 0 Å². The predicted molar refractivity (Wildman–Crippen MR) is 112 cm³/mol. The van der Waals surface area contributed by atoms with E-state index in [0.717, 1.165) is 11.2 Å². The number of para-hydroxylation sites is 1. The van der Waals surface area contributed by atoms with Crippen molar-refractivity contribution in [2.45, 2.75) is 6.54 Å². The number of nitrogens with one attached hydrogen (secondary N) is 1. The van der Waals surface area contributed by atoms with Crippen LogP contribution in [-0.2, 0) is 6.54 Å². The number of rotatable bonds is 4. The van der Waals surface area contributed by atoms with E-state index in [1.165, 1.54) is 0 Å². The second-order valence-corrected chi connectivity index (χ2v) is 6.84. The molecule has 0 saturated heterocycles. The van der Waals surface area contributed by atoms with Gasteiger partial charge in [0.25, 0.3) is 5.91 Å². The molecule has 1 amide bonds. The topological polar surface area (TPSA) is 51.1 Å². The van der Waals surface area contributed by atoms with Gasteiger partial charge >= 0.3 is 0 Å². The first-order valence-electron chi connectivity index (χ1n) is 8.86. The molecule has 1 heterocycles. The average Bonchev–Trinajstić information content (AvgIpc) is 2.74. The van der Waals surface area contributed by atoms with Crippen molar-refractivity contribution < 1.29 is 4.79 Å². The van der Waals surface area contributed by atoms with Crippen LogP contribution in [0.4, 0.5) is 0 Å². The van der Waals surface area contributed by atoms with Gasteiger partial charge in [-0.1, -0.05) is 48.0 Å². The van der Waals surface area contributed by atoms with Crippen molar-refractivity contribution in [3.05, 3.63) is 111 Å². The van der Waals surface area contributed by atoms with Crippen LogP contribution >= 0.6 is 11.6 Å². The Kier molecular flexibility index (Phi) is 4.96. The lowest BCUT2D eigenvalue weighted by Gasteiger charge is -2.14. The highest BCUT2D eigenvalue weighted by Gasteiger charge is 2.12. The zero-order valence-corrected chi connectivity index (χ0v) is 15.7. The number of hydrogen-bond acceptors (Lipinski definition) is 2. The number of pyridine rings is 1. The molecular weight excluding hydrogens is 372 g/mol. The van der Waals surface area contributed by atoms with E-state index in [1.807, 2.05) is 41.0 Å². The Morgan fingerprint density at radius 3 is 2.32 bits per heavy atom. The minimum absolute atomic E-state index is 0.118. The third-order valence-corrected chi connectivity index (χ3v) is 4.79. The summed E-state index contributed by atoms with van der Waals surface area (Å²) in [7, 11) is 0. The smallest absolute Gasteiger partial charge is 0.251 e. The molecule has 0 radical (unpaired) electrons. The maximum absolute atomic E-state index is 13.0. The number of benzene rings is 3. The van der Waals surface area contributed by atoms with Gasteiger partial charge in [-0.3, -0.25) is 9.59 Å². The van der Waals surface area contributed by atoms with E-state index < -0.39 is 0 Å². The van der Waals surface area contributed by atoms with Crippen molar-refractivity contribution in [2.75, 3.05) is 0 Å². The molecule has 1 N–H and O–H groups in total. The van der Waals surface area contributed by atoms with Gasteiger partial charge in [0.05, 0.1) is 5.52 Å². The highest BCUT2D eigenvalue weighted by atomic mass is 35.5. The van der Waals surface area contributed by atoms with Crippen molar-refractivity contribution >= 4 is 28.4 Å². The molecule has 0 fully saturated rings.